The Morgan fingerprint density at radius 2 is 2.27 bits per heavy atom. The maximum atomic E-state index is 4.24. The zero-order valence-corrected chi connectivity index (χ0v) is 9.71. The molecule has 80 valence electrons. The van der Waals surface area contributed by atoms with E-state index in [2.05, 4.69) is 40.3 Å². The molecule has 0 bridgehead atoms. The predicted octanol–water partition coefficient (Wildman–Crippen LogP) is 1.66. The van der Waals surface area contributed by atoms with Crippen LogP contribution in [0.4, 0.5) is 5.82 Å². The lowest BCUT2D eigenvalue weighted by molar-refractivity contribution is 0.425. The second-order valence-corrected chi connectivity index (χ2v) is 4.49. The second kappa shape index (κ2) is 4.55. The molecule has 0 aliphatic rings. The van der Waals surface area contributed by atoms with Crippen LogP contribution in [0.1, 0.15) is 0 Å². The third-order valence-electron chi connectivity index (χ3n) is 2.11. The molecule has 5 heteroatoms. The number of hydrogen-bond donors (Lipinski definition) is 1. The Bertz CT molecular complexity index is 438. The number of nitrogens with one attached hydrogen (secondary N) is 1. The Kier molecular flexibility index (Phi) is 3.13. The molecule has 2 aromatic heterocycles. The topological polar surface area (TPSA) is 41.0 Å². The van der Waals surface area contributed by atoms with Crippen molar-refractivity contribution in [3.05, 3.63) is 17.8 Å². The first kappa shape index (κ1) is 10.3. The van der Waals surface area contributed by atoms with Crippen LogP contribution in [0.25, 0.3) is 10.2 Å². The van der Waals surface area contributed by atoms with Gasteiger partial charge in [-0.25, -0.2) is 9.97 Å². The lowest BCUT2D eigenvalue weighted by Crippen LogP contribution is -2.21. The standard InChI is InChI=1S/C10H14N4S/c1-14(2)5-4-11-9-8-3-6-15-10(8)13-7-12-9/h3,6-7H,4-5H2,1-2H3,(H,11,12,13). The lowest BCUT2D eigenvalue weighted by atomic mass is 10.4. The van der Waals surface area contributed by atoms with Crippen molar-refractivity contribution < 1.29 is 0 Å². The number of likely N-dealkylation sites (N-methyl/N-ethyl adjacent to an activating group) is 1. The molecular weight excluding hydrogens is 208 g/mol. The molecule has 0 atom stereocenters. The average Bonchev–Trinajstić information content (AvgIpc) is 2.65. The van der Waals surface area contributed by atoms with E-state index >= 15 is 0 Å². The number of nitrogens with zero attached hydrogens (tertiary/aromatic N) is 3. The van der Waals surface area contributed by atoms with Crippen molar-refractivity contribution in [3.63, 3.8) is 0 Å². The highest BCUT2D eigenvalue weighted by Crippen LogP contribution is 2.23. The molecule has 0 radical (unpaired) electrons. The van der Waals surface area contributed by atoms with Crippen molar-refractivity contribution in [2.75, 3.05) is 32.5 Å². The summed E-state index contributed by atoms with van der Waals surface area (Å²) in [6, 6.07) is 2.05. The molecule has 2 heterocycles. The van der Waals surface area contributed by atoms with E-state index in [0.29, 0.717) is 0 Å². The fourth-order valence-corrected chi connectivity index (χ4v) is 2.06. The van der Waals surface area contributed by atoms with E-state index in [1.54, 1.807) is 17.7 Å². The fourth-order valence-electron chi connectivity index (χ4n) is 1.33. The normalized spacial score (nSPS) is 11.1. The zero-order chi connectivity index (χ0) is 10.7. The van der Waals surface area contributed by atoms with Gasteiger partial charge in [-0.2, -0.15) is 0 Å². The largest absolute Gasteiger partial charge is 0.368 e. The molecule has 2 aromatic rings. The third-order valence-corrected chi connectivity index (χ3v) is 2.93. The summed E-state index contributed by atoms with van der Waals surface area (Å²) in [5.74, 6) is 0.933. The summed E-state index contributed by atoms with van der Waals surface area (Å²) < 4.78 is 0. The molecule has 0 spiro atoms. The summed E-state index contributed by atoms with van der Waals surface area (Å²) >= 11 is 1.64. The van der Waals surface area contributed by atoms with Crippen LogP contribution in [0.2, 0.25) is 0 Å². The van der Waals surface area contributed by atoms with Gasteiger partial charge in [-0.1, -0.05) is 0 Å². The van der Waals surface area contributed by atoms with Gasteiger partial charge in [-0.3, -0.25) is 0 Å². The molecule has 15 heavy (non-hydrogen) atoms. The minimum atomic E-state index is 0.898. The maximum Gasteiger partial charge on any atom is 0.138 e. The summed E-state index contributed by atoms with van der Waals surface area (Å²) in [4.78, 5) is 11.6. The van der Waals surface area contributed by atoms with Gasteiger partial charge in [0, 0.05) is 13.1 Å². The van der Waals surface area contributed by atoms with Gasteiger partial charge in [-0.05, 0) is 25.5 Å². The van der Waals surface area contributed by atoms with E-state index in [-0.39, 0.29) is 0 Å². The third kappa shape index (κ3) is 2.43. The number of aromatic nitrogens is 2. The lowest BCUT2D eigenvalue weighted by Gasteiger charge is -2.10. The molecule has 0 unspecified atom stereocenters. The number of rotatable bonds is 4. The van der Waals surface area contributed by atoms with E-state index < -0.39 is 0 Å². The van der Waals surface area contributed by atoms with Gasteiger partial charge in [0.25, 0.3) is 0 Å². The highest BCUT2D eigenvalue weighted by atomic mass is 32.1. The molecule has 0 saturated heterocycles. The zero-order valence-electron chi connectivity index (χ0n) is 8.90. The molecule has 4 nitrogen and oxygen atoms in total. The molecule has 2 rings (SSSR count). The number of anilines is 1. The minimum Gasteiger partial charge on any atom is -0.368 e. The first-order valence-corrected chi connectivity index (χ1v) is 5.72. The highest BCUT2D eigenvalue weighted by Gasteiger charge is 2.03. The summed E-state index contributed by atoms with van der Waals surface area (Å²) in [7, 11) is 4.11. The first-order chi connectivity index (χ1) is 7.27. The van der Waals surface area contributed by atoms with Gasteiger partial charge in [0.1, 0.15) is 17.0 Å². The monoisotopic (exact) mass is 222 g/mol. The average molecular weight is 222 g/mol. The van der Waals surface area contributed by atoms with E-state index in [1.165, 1.54) is 0 Å². The molecule has 1 N–H and O–H groups in total. The van der Waals surface area contributed by atoms with Gasteiger partial charge < -0.3 is 10.2 Å². The van der Waals surface area contributed by atoms with Crippen LogP contribution >= 0.6 is 11.3 Å². The van der Waals surface area contributed by atoms with Crippen LogP contribution in [0.15, 0.2) is 17.8 Å². The Morgan fingerprint density at radius 1 is 1.40 bits per heavy atom. The van der Waals surface area contributed by atoms with Crippen molar-refractivity contribution >= 4 is 27.4 Å². The molecule has 0 aliphatic heterocycles. The van der Waals surface area contributed by atoms with Crippen molar-refractivity contribution in [3.8, 4) is 0 Å². The molecular formula is C10H14N4S. The van der Waals surface area contributed by atoms with E-state index in [9.17, 15) is 0 Å². The smallest absolute Gasteiger partial charge is 0.138 e. The van der Waals surface area contributed by atoms with Crippen molar-refractivity contribution in [2.24, 2.45) is 0 Å². The molecule has 0 aromatic carbocycles. The van der Waals surface area contributed by atoms with Crippen LogP contribution in [0, 0.1) is 0 Å². The fraction of sp³-hybridized carbons (Fsp3) is 0.400. The van der Waals surface area contributed by atoms with Gasteiger partial charge in [0.15, 0.2) is 0 Å². The van der Waals surface area contributed by atoms with Crippen molar-refractivity contribution in [1.82, 2.24) is 14.9 Å². The van der Waals surface area contributed by atoms with Gasteiger partial charge in [0.05, 0.1) is 5.39 Å². The summed E-state index contributed by atoms with van der Waals surface area (Å²) in [5, 5.41) is 6.47. The maximum absolute atomic E-state index is 4.24. The summed E-state index contributed by atoms with van der Waals surface area (Å²) in [5.41, 5.74) is 0. The van der Waals surface area contributed by atoms with Gasteiger partial charge in [0.2, 0.25) is 0 Å². The molecule has 0 saturated carbocycles. The van der Waals surface area contributed by atoms with Crippen LogP contribution in [-0.2, 0) is 0 Å². The van der Waals surface area contributed by atoms with Gasteiger partial charge in [-0.15, -0.1) is 11.3 Å². The number of fused-ring (bicyclic) bond motifs is 1. The van der Waals surface area contributed by atoms with Crippen molar-refractivity contribution in [2.45, 2.75) is 0 Å². The van der Waals surface area contributed by atoms with Gasteiger partial charge >= 0.3 is 0 Å². The number of thiophene rings is 1. The van der Waals surface area contributed by atoms with E-state index in [4.69, 9.17) is 0 Å². The van der Waals surface area contributed by atoms with E-state index in [0.717, 1.165) is 29.1 Å². The summed E-state index contributed by atoms with van der Waals surface area (Å²) in [6.45, 7) is 1.89. The summed E-state index contributed by atoms with van der Waals surface area (Å²) in [6.07, 6.45) is 1.61. The van der Waals surface area contributed by atoms with E-state index in [1.807, 2.05) is 5.38 Å². The second-order valence-electron chi connectivity index (χ2n) is 3.59. The Morgan fingerprint density at radius 3 is 3.07 bits per heavy atom. The Labute approximate surface area is 93.0 Å². The van der Waals surface area contributed by atoms with Crippen molar-refractivity contribution in [1.29, 1.82) is 0 Å². The Balaban J connectivity index is 2.10. The Hall–Kier alpha value is -1.20. The molecule has 0 aliphatic carbocycles. The minimum absolute atomic E-state index is 0.898. The predicted molar refractivity (Wildman–Crippen MR) is 64.5 cm³/mol. The quantitative estimate of drug-likeness (QED) is 0.854. The molecule has 0 fully saturated rings. The van der Waals surface area contributed by atoms with Crippen LogP contribution in [0.5, 0.6) is 0 Å². The van der Waals surface area contributed by atoms with Crippen LogP contribution in [-0.4, -0.2) is 42.1 Å². The SMILES string of the molecule is CN(C)CCNc1ncnc2sccc12. The highest BCUT2D eigenvalue weighted by molar-refractivity contribution is 7.16. The van der Waals surface area contributed by atoms with Crippen LogP contribution in [0.3, 0.4) is 0 Å². The molecule has 0 amide bonds. The van der Waals surface area contributed by atoms with Crippen LogP contribution < -0.4 is 5.32 Å². The first-order valence-electron chi connectivity index (χ1n) is 4.84. The number of hydrogen-bond acceptors (Lipinski definition) is 5.